The fraction of sp³-hybridized carbons (Fsp3) is 0.562. The third-order valence-corrected chi connectivity index (χ3v) is 5.02. The van der Waals surface area contributed by atoms with E-state index in [1.54, 1.807) is 11.3 Å². The van der Waals surface area contributed by atoms with E-state index in [2.05, 4.69) is 35.9 Å². The number of thiazole rings is 1. The van der Waals surface area contributed by atoms with E-state index in [-0.39, 0.29) is 24.8 Å². The van der Waals surface area contributed by atoms with Crippen LogP contribution in [0.3, 0.4) is 0 Å². The maximum absolute atomic E-state index is 5.80. The normalized spacial score (nSPS) is 16.4. The van der Waals surface area contributed by atoms with Gasteiger partial charge in [-0.15, -0.1) is 24.8 Å². The molecule has 0 saturated carbocycles. The van der Waals surface area contributed by atoms with Crippen molar-refractivity contribution in [1.29, 1.82) is 0 Å². The number of hydrogen-bond acceptors (Lipinski definition) is 4. The minimum atomic E-state index is 0. The van der Waals surface area contributed by atoms with Crippen molar-refractivity contribution < 1.29 is 0 Å². The monoisotopic (exact) mass is 361 g/mol. The summed E-state index contributed by atoms with van der Waals surface area (Å²) in [5.41, 5.74) is 9.86. The van der Waals surface area contributed by atoms with Gasteiger partial charge in [0.05, 0.1) is 10.2 Å². The van der Waals surface area contributed by atoms with Gasteiger partial charge in [0.2, 0.25) is 0 Å². The van der Waals surface area contributed by atoms with Crippen LogP contribution in [0.4, 0.5) is 5.13 Å². The molecule has 0 spiro atoms. The Morgan fingerprint density at radius 3 is 2.32 bits per heavy atom. The summed E-state index contributed by atoms with van der Waals surface area (Å²) in [7, 11) is 0. The van der Waals surface area contributed by atoms with E-state index in [1.807, 2.05) is 0 Å². The first kappa shape index (κ1) is 19.5. The highest BCUT2D eigenvalue weighted by atomic mass is 35.5. The van der Waals surface area contributed by atoms with Crippen molar-refractivity contribution >= 4 is 51.5 Å². The number of nitrogens with two attached hydrogens (primary N) is 1. The fourth-order valence-electron chi connectivity index (χ4n) is 3.35. The number of anilines is 1. The van der Waals surface area contributed by atoms with Crippen LogP contribution in [0, 0.1) is 0 Å². The molecule has 2 N–H and O–H groups in total. The van der Waals surface area contributed by atoms with Crippen molar-refractivity contribution in [2.45, 2.75) is 45.6 Å². The molecule has 3 rings (SSSR count). The smallest absolute Gasteiger partial charge is 0.181 e. The second kappa shape index (κ2) is 8.34. The Hall–Kier alpha value is -0.550. The van der Waals surface area contributed by atoms with Gasteiger partial charge in [0.25, 0.3) is 0 Å². The molecule has 1 heterocycles. The molecule has 0 fully saturated rings. The molecule has 0 bridgehead atoms. The highest BCUT2D eigenvalue weighted by Crippen LogP contribution is 2.33. The van der Waals surface area contributed by atoms with Crippen LogP contribution < -0.4 is 5.73 Å². The standard InChI is InChI=1S/C16H23N3S.2ClH/c1-3-5-19(6-4-2)13-7-11-9-14-15(10-12(11)8-13)20-16(17)18-14;;/h9-10,13H,3-8H2,1-2H3,(H2,17,18);2*1H. The maximum Gasteiger partial charge on any atom is 0.181 e. The third-order valence-electron chi connectivity index (χ3n) is 4.18. The summed E-state index contributed by atoms with van der Waals surface area (Å²) in [6.45, 7) is 6.97. The summed E-state index contributed by atoms with van der Waals surface area (Å²) < 4.78 is 1.24. The lowest BCUT2D eigenvalue weighted by molar-refractivity contribution is 0.202. The summed E-state index contributed by atoms with van der Waals surface area (Å²) in [6.07, 6.45) is 4.83. The van der Waals surface area contributed by atoms with Crippen molar-refractivity contribution in [3.8, 4) is 0 Å². The molecular formula is C16H25Cl2N3S. The average molecular weight is 362 g/mol. The summed E-state index contributed by atoms with van der Waals surface area (Å²) in [5.74, 6) is 0. The minimum Gasteiger partial charge on any atom is -0.375 e. The van der Waals surface area contributed by atoms with E-state index in [1.165, 1.54) is 54.6 Å². The first-order valence-corrected chi connectivity index (χ1v) is 8.44. The average Bonchev–Trinajstić information content (AvgIpc) is 2.96. The van der Waals surface area contributed by atoms with E-state index >= 15 is 0 Å². The molecule has 1 aromatic heterocycles. The molecule has 0 saturated heterocycles. The van der Waals surface area contributed by atoms with Crippen molar-refractivity contribution in [2.24, 2.45) is 0 Å². The molecule has 6 heteroatoms. The van der Waals surface area contributed by atoms with E-state index in [0.29, 0.717) is 11.2 Å². The molecule has 22 heavy (non-hydrogen) atoms. The number of fused-ring (bicyclic) bond motifs is 2. The Bertz CT molecular complexity index is 566. The third kappa shape index (κ3) is 3.85. The van der Waals surface area contributed by atoms with Gasteiger partial charge in [-0.1, -0.05) is 25.2 Å². The highest BCUT2D eigenvalue weighted by Gasteiger charge is 2.26. The summed E-state index contributed by atoms with van der Waals surface area (Å²) in [4.78, 5) is 7.08. The fourth-order valence-corrected chi connectivity index (χ4v) is 4.13. The molecule has 1 unspecified atom stereocenters. The van der Waals surface area contributed by atoms with Gasteiger partial charge in [0, 0.05) is 6.04 Å². The van der Waals surface area contributed by atoms with Gasteiger partial charge in [0.15, 0.2) is 5.13 Å². The number of rotatable bonds is 5. The molecule has 0 aliphatic heterocycles. The SMILES string of the molecule is CCCN(CCC)C1Cc2cc3nc(N)sc3cc2C1.Cl.Cl. The van der Waals surface area contributed by atoms with E-state index < -0.39 is 0 Å². The molecule has 0 amide bonds. The summed E-state index contributed by atoms with van der Waals surface area (Å²) in [6, 6.07) is 5.25. The predicted octanol–water partition coefficient (Wildman–Crippen LogP) is 4.31. The first-order valence-electron chi connectivity index (χ1n) is 7.63. The number of nitrogens with zero attached hydrogens (tertiary/aromatic N) is 2. The van der Waals surface area contributed by atoms with Crippen LogP contribution >= 0.6 is 36.2 Å². The van der Waals surface area contributed by atoms with Gasteiger partial charge in [-0.05, 0) is 62.0 Å². The Morgan fingerprint density at radius 2 is 1.73 bits per heavy atom. The predicted molar refractivity (Wildman–Crippen MR) is 102 cm³/mol. The summed E-state index contributed by atoms with van der Waals surface area (Å²) >= 11 is 1.60. The molecule has 0 radical (unpaired) electrons. The Kier molecular flexibility index (Phi) is 7.39. The second-order valence-corrected chi connectivity index (χ2v) is 6.80. The number of benzene rings is 1. The molecule has 1 aliphatic carbocycles. The lowest BCUT2D eigenvalue weighted by Crippen LogP contribution is -2.37. The van der Waals surface area contributed by atoms with Gasteiger partial charge >= 0.3 is 0 Å². The quantitative estimate of drug-likeness (QED) is 0.862. The number of hydrogen-bond donors (Lipinski definition) is 1. The van der Waals surface area contributed by atoms with Crippen molar-refractivity contribution in [1.82, 2.24) is 9.88 Å². The minimum absolute atomic E-state index is 0. The zero-order valence-electron chi connectivity index (χ0n) is 13.2. The molecule has 124 valence electrons. The van der Waals surface area contributed by atoms with Gasteiger partial charge in [-0.25, -0.2) is 4.98 Å². The van der Waals surface area contributed by atoms with Crippen LogP contribution in [-0.4, -0.2) is 29.0 Å². The molecule has 3 nitrogen and oxygen atoms in total. The maximum atomic E-state index is 5.80. The van der Waals surface area contributed by atoms with Crippen molar-refractivity contribution in [2.75, 3.05) is 18.8 Å². The zero-order valence-corrected chi connectivity index (χ0v) is 15.6. The molecule has 1 atom stereocenters. The molecule has 1 aromatic carbocycles. The number of halogens is 2. The van der Waals surface area contributed by atoms with E-state index in [9.17, 15) is 0 Å². The van der Waals surface area contributed by atoms with Crippen molar-refractivity contribution in [3.05, 3.63) is 23.3 Å². The molecular weight excluding hydrogens is 337 g/mol. The van der Waals surface area contributed by atoms with Gasteiger partial charge < -0.3 is 5.73 Å². The lowest BCUT2D eigenvalue weighted by atomic mass is 10.1. The lowest BCUT2D eigenvalue weighted by Gasteiger charge is -2.27. The van der Waals surface area contributed by atoms with Gasteiger partial charge in [-0.2, -0.15) is 0 Å². The van der Waals surface area contributed by atoms with Crippen LogP contribution in [0.15, 0.2) is 12.1 Å². The topological polar surface area (TPSA) is 42.2 Å². The van der Waals surface area contributed by atoms with Crippen LogP contribution in [-0.2, 0) is 12.8 Å². The van der Waals surface area contributed by atoms with Crippen LogP contribution in [0.1, 0.15) is 37.8 Å². The van der Waals surface area contributed by atoms with E-state index in [4.69, 9.17) is 5.73 Å². The first-order chi connectivity index (χ1) is 9.71. The largest absolute Gasteiger partial charge is 0.375 e. The van der Waals surface area contributed by atoms with Gasteiger partial charge in [0.1, 0.15) is 0 Å². The second-order valence-electron chi connectivity index (χ2n) is 5.74. The molecule has 2 aromatic rings. The summed E-state index contributed by atoms with van der Waals surface area (Å²) in [5, 5.41) is 0.679. The van der Waals surface area contributed by atoms with Crippen LogP contribution in [0.5, 0.6) is 0 Å². The Morgan fingerprint density at radius 1 is 1.14 bits per heavy atom. The van der Waals surface area contributed by atoms with Gasteiger partial charge in [-0.3, -0.25) is 4.90 Å². The van der Waals surface area contributed by atoms with Crippen LogP contribution in [0.25, 0.3) is 10.2 Å². The van der Waals surface area contributed by atoms with Crippen molar-refractivity contribution in [3.63, 3.8) is 0 Å². The van der Waals surface area contributed by atoms with E-state index in [0.717, 1.165) is 5.52 Å². The number of aromatic nitrogens is 1. The Balaban J connectivity index is 0.00000121. The Labute approximate surface area is 149 Å². The highest BCUT2D eigenvalue weighted by molar-refractivity contribution is 7.22. The van der Waals surface area contributed by atoms with Crippen LogP contribution in [0.2, 0.25) is 0 Å². The number of nitrogen functional groups attached to an aromatic ring is 1. The molecule has 1 aliphatic rings. The zero-order chi connectivity index (χ0) is 14.1.